The standard InChI is InChI=1S/C23H29N3O2S2/c1-5-13-26(14-6-2)21-19-16(4)20(23(27)28-7-3)30-22(19)25-18(24-21)15-29-17-11-9-8-10-12-17/h8-12H,5-7,13-15H2,1-4H3. The topological polar surface area (TPSA) is 55.3 Å². The summed E-state index contributed by atoms with van der Waals surface area (Å²) >= 11 is 3.14. The molecule has 0 atom stereocenters. The van der Waals surface area contributed by atoms with Gasteiger partial charge in [0.25, 0.3) is 0 Å². The Morgan fingerprint density at radius 3 is 2.43 bits per heavy atom. The molecule has 0 N–H and O–H groups in total. The number of esters is 1. The molecular weight excluding hydrogens is 414 g/mol. The van der Waals surface area contributed by atoms with Crippen molar-refractivity contribution in [2.75, 3.05) is 24.6 Å². The second-order valence-corrected chi connectivity index (χ2v) is 9.06. The Labute approximate surface area is 186 Å². The Hall–Kier alpha value is -2.12. The molecule has 0 spiro atoms. The SMILES string of the molecule is CCCN(CCC)c1nc(CSc2ccccc2)nc2sc(C(=O)OCC)c(C)c12. The van der Waals surface area contributed by atoms with E-state index in [1.54, 1.807) is 11.8 Å². The Balaban J connectivity index is 2.06. The molecular formula is C23H29N3O2S2. The molecule has 7 heteroatoms. The number of thioether (sulfide) groups is 1. The molecule has 3 rings (SSSR count). The number of rotatable bonds is 10. The maximum atomic E-state index is 12.5. The van der Waals surface area contributed by atoms with Gasteiger partial charge < -0.3 is 9.64 Å². The minimum Gasteiger partial charge on any atom is -0.462 e. The number of benzene rings is 1. The molecule has 2 heterocycles. The first-order valence-corrected chi connectivity index (χ1v) is 12.3. The van der Waals surface area contributed by atoms with Gasteiger partial charge in [-0.2, -0.15) is 0 Å². The Bertz CT molecular complexity index is 983. The normalized spacial score (nSPS) is 11.1. The lowest BCUT2D eigenvalue weighted by Gasteiger charge is -2.24. The summed E-state index contributed by atoms with van der Waals surface area (Å²) in [5.41, 5.74) is 0.919. The van der Waals surface area contributed by atoms with E-state index in [4.69, 9.17) is 14.7 Å². The van der Waals surface area contributed by atoms with Crippen molar-refractivity contribution in [3.05, 3.63) is 46.6 Å². The highest BCUT2D eigenvalue weighted by Gasteiger charge is 2.23. The molecule has 0 saturated heterocycles. The van der Waals surface area contributed by atoms with Crippen LogP contribution in [0.5, 0.6) is 0 Å². The van der Waals surface area contributed by atoms with Crippen molar-refractivity contribution in [1.29, 1.82) is 0 Å². The fourth-order valence-electron chi connectivity index (χ4n) is 3.37. The van der Waals surface area contributed by atoms with Gasteiger partial charge in [-0.1, -0.05) is 32.0 Å². The van der Waals surface area contributed by atoms with E-state index in [2.05, 4.69) is 30.9 Å². The first kappa shape index (κ1) is 22.6. The number of nitrogens with zero attached hydrogens (tertiary/aromatic N) is 3. The van der Waals surface area contributed by atoms with Crippen LogP contribution in [0.2, 0.25) is 0 Å². The van der Waals surface area contributed by atoms with Gasteiger partial charge >= 0.3 is 5.97 Å². The van der Waals surface area contributed by atoms with E-state index < -0.39 is 0 Å². The van der Waals surface area contributed by atoms with Crippen LogP contribution in [0.3, 0.4) is 0 Å². The van der Waals surface area contributed by atoms with Crippen LogP contribution in [0, 0.1) is 6.92 Å². The fraction of sp³-hybridized carbons (Fsp3) is 0.435. The summed E-state index contributed by atoms with van der Waals surface area (Å²) in [6.07, 6.45) is 2.07. The van der Waals surface area contributed by atoms with E-state index in [0.717, 1.165) is 53.4 Å². The maximum absolute atomic E-state index is 12.5. The van der Waals surface area contributed by atoms with Crippen molar-refractivity contribution in [3.8, 4) is 0 Å². The first-order chi connectivity index (χ1) is 14.6. The van der Waals surface area contributed by atoms with Crippen molar-refractivity contribution in [2.45, 2.75) is 51.2 Å². The summed E-state index contributed by atoms with van der Waals surface area (Å²) in [6, 6.07) is 10.3. The van der Waals surface area contributed by atoms with Crippen molar-refractivity contribution in [3.63, 3.8) is 0 Å². The second kappa shape index (κ2) is 10.8. The smallest absolute Gasteiger partial charge is 0.348 e. The summed E-state index contributed by atoms with van der Waals surface area (Å²) in [7, 11) is 0. The number of carbonyl (C=O) groups is 1. The number of aromatic nitrogens is 2. The van der Waals surface area contributed by atoms with Crippen molar-refractivity contribution >= 4 is 45.1 Å². The van der Waals surface area contributed by atoms with Crippen molar-refractivity contribution in [1.82, 2.24) is 9.97 Å². The zero-order valence-corrected chi connectivity index (χ0v) is 19.7. The highest BCUT2D eigenvalue weighted by molar-refractivity contribution is 7.98. The number of fused-ring (bicyclic) bond motifs is 1. The summed E-state index contributed by atoms with van der Waals surface area (Å²) in [5.74, 6) is 2.14. The van der Waals surface area contributed by atoms with Crippen LogP contribution in [-0.2, 0) is 10.5 Å². The lowest BCUT2D eigenvalue weighted by Crippen LogP contribution is -2.26. The Morgan fingerprint density at radius 1 is 1.10 bits per heavy atom. The lowest BCUT2D eigenvalue weighted by molar-refractivity contribution is 0.0531. The van der Waals surface area contributed by atoms with Gasteiger partial charge in [-0.15, -0.1) is 23.1 Å². The number of hydrogen-bond donors (Lipinski definition) is 0. The number of ether oxygens (including phenoxy) is 1. The summed E-state index contributed by atoms with van der Waals surface area (Å²) in [6.45, 7) is 10.4. The third-order valence-corrected chi connectivity index (χ3v) is 6.85. The van der Waals surface area contributed by atoms with Crippen molar-refractivity contribution < 1.29 is 9.53 Å². The van der Waals surface area contributed by atoms with Crippen LogP contribution in [0.25, 0.3) is 10.2 Å². The molecule has 0 saturated carbocycles. The molecule has 3 aromatic rings. The monoisotopic (exact) mass is 443 g/mol. The quantitative estimate of drug-likeness (QED) is 0.279. The highest BCUT2D eigenvalue weighted by Crippen LogP contribution is 2.37. The summed E-state index contributed by atoms with van der Waals surface area (Å²) in [4.78, 5) is 27.3. The molecule has 0 aliphatic heterocycles. The van der Waals surface area contributed by atoms with Gasteiger partial charge in [0.15, 0.2) is 0 Å². The first-order valence-electron chi connectivity index (χ1n) is 10.5. The summed E-state index contributed by atoms with van der Waals surface area (Å²) < 4.78 is 5.27. The van der Waals surface area contributed by atoms with Crippen molar-refractivity contribution in [2.24, 2.45) is 0 Å². The molecule has 0 amide bonds. The molecule has 0 fully saturated rings. The second-order valence-electron chi connectivity index (χ2n) is 7.01. The molecule has 1 aromatic carbocycles. The van der Waals surface area contributed by atoms with Gasteiger partial charge in [-0.3, -0.25) is 0 Å². The van der Waals surface area contributed by atoms with Gasteiger partial charge in [-0.25, -0.2) is 14.8 Å². The van der Waals surface area contributed by atoms with Crippen LogP contribution in [0.1, 0.15) is 54.7 Å². The maximum Gasteiger partial charge on any atom is 0.348 e. The van der Waals surface area contributed by atoms with Crippen LogP contribution in [-0.4, -0.2) is 35.6 Å². The number of thiophene rings is 1. The minimum absolute atomic E-state index is 0.276. The fourth-order valence-corrected chi connectivity index (χ4v) is 5.24. The molecule has 0 radical (unpaired) electrons. The third-order valence-electron chi connectivity index (χ3n) is 4.68. The average Bonchev–Trinajstić information content (AvgIpc) is 3.09. The molecule has 5 nitrogen and oxygen atoms in total. The molecule has 0 unspecified atom stereocenters. The lowest BCUT2D eigenvalue weighted by atomic mass is 10.2. The molecule has 0 aliphatic rings. The zero-order chi connectivity index (χ0) is 21.5. The van der Waals surface area contributed by atoms with Gasteiger partial charge in [-0.05, 0) is 44.4 Å². The van der Waals surface area contributed by atoms with E-state index in [1.807, 2.05) is 32.0 Å². The van der Waals surface area contributed by atoms with E-state index in [0.29, 0.717) is 17.2 Å². The Kier molecular flexibility index (Phi) is 8.10. The van der Waals surface area contributed by atoms with Gasteiger partial charge in [0.2, 0.25) is 0 Å². The highest BCUT2D eigenvalue weighted by atomic mass is 32.2. The predicted molar refractivity (Wildman–Crippen MR) is 127 cm³/mol. The summed E-state index contributed by atoms with van der Waals surface area (Å²) in [5, 5.41) is 0.985. The average molecular weight is 444 g/mol. The molecule has 2 aromatic heterocycles. The van der Waals surface area contributed by atoms with E-state index in [-0.39, 0.29) is 5.97 Å². The van der Waals surface area contributed by atoms with Crippen LogP contribution < -0.4 is 4.90 Å². The predicted octanol–water partition coefficient (Wildman–Crippen LogP) is 6.10. The minimum atomic E-state index is -0.276. The molecule has 30 heavy (non-hydrogen) atoms. The number of anilines is 1. The van der Waals surface area contributed by atoms with Crippen LogP contribution in [0.15, 0.2) is 35.2 Å². The van der Waals surface area contributed by atoms with E-state index in [9.17, 15) is 4.79 Å². The van der Waals surface area contributed by atoms with Gasteiger partial charge in [0.1, 0.15) is 21.3 Å². The van der Waals surface area contributed by atoms with Gasteiger partial charge in [0.05, 0.1) is 17.7 Å². The number of carbonyl (C=O) groups excluding carboxylic acids is 1. The Morgan fingerprint density at radius 2 is 1.80 bits per heavy atom. The molecule has 160 valence electrons. The van der Waals surface area contributed by atoms with Crippen LogP contribution >= 0.6 is 23.1 Å². The molecule has 0 bridgehead atoms. The van der Waals surface area contributed by atoms with E-state index >= 15 is 0 Å². The molecule has 0 aliphatic carbocycles. The largest absolute Gasteiger partial charge is 0.462 e. The zero-order valence-electron chi connectivity index (χ0n) is 18.1. The van der Waals surface area contributed by atoms with Crippen LogP contribution in [0.4, 0.5) is 5.82 Å². The third kappa shape index (κ3) is 5.13. The van der Waals surface area contributed by atoms with E-state index in [1.165, 1.54) is 16.2 Å². The number of aryl methyl sites for hydroxylation is 1. The number of hydrogen-bond acceptors (Lipinski definition) is 7. The van der Waals surface area contributed by atoms with Gasteiger partial charge in [0, 0.05) is 18.0 Å².